The quantitative estimate of drug-likeness (QED) is 0.904. The molecule has 0 saturated carbocycles. The number of rotatable bonds is 5. The summed E-state index contributed by atoms with van der Waals surface area (Å²) in [4.78, 5) is 0. The smallest absolute Gasteiger partial charge is 0.162 e. The highest BCUT2D eigenvalue weighted by atomic mass is 19.2. The molecule has 1 N–H and O–H groups in total. The van der Waals surface area contributed by atoms with Crippen LogP contribution in [0.15, 0.2) is 24.4 Å². The van der Waals surface area contributed by atoms with Gasteiger partial charge in [-0.25, -0.2) is 13.5 Å². The molecule has 0 radical (unpaired) electrons. The van der Waals surface area contributed by atoms with Gasteiger partial charge in [-0.15, -0.1) is 5.10 Å². The number of aliphatic hydroxyl groups is 1. The predicted octanol–water partition coefficient (Wildman–Crippen LogP) is 2.24. The summed E-state index contributed by atoms with van der Waals surface area (Å²) < 4.78 is 28.2. The molecule has 19 heavy (non-hydrogen) atoms. The van der Waals surface area contributed by atoms with E-state index in [4.69, 9.17) is 0 Å². The Labute approximate surface area is 109 Å². The maximum atomic E-state index is 13.5. The Morgan fingerprint density at radius 1 is 1.37 bits per heavy atom. The van der Waals surface area contributed by atoms with E-state index in [2.05, 4.69) is 10.3 Å². The number of aryl methyl sites for hydroxylation is 1. The summed E-state index contributed by atoms with van der Waals surface area (Å²) in [6.07, 6.45) is 1.31. The van der Waals surface area contributed by atoms with Crippen LogP contribution in [0.4, 0.5) is 8.78 Å². The van der Waals surface area contributed by atoms with E-state index in [1.165, 1.54) is 18.3 Å². The number of halogens is 2. The zero-order valence-corrected chi connectivity index (χ0v) is 10.6. The minimum Gasteiger partial charge on any atom is -0.386 e. The molecule has 0 saturated heterocycles. The van der Waals surface area contributed by atoms with Crippen molar-refractivity contribution in [2.75, 3.05) is 0 Å². The summed E-state index contributed by atoms with van der Waals surface area (Å²) in [5.41, 5.74) is 0.641. The van der Waals surface area contributed by atoms with E-state index in [9.17, 15) is 13.9 Å². The molecule has 2 rings (SSSR count). The van der Waals surface area contributed by atoms with Gasteiger partial charge in [-0.3, -0.25) is 0 Å². The Morgan fingerprint density at radius 2 is 2.16 bits per heavy atom. The molecular weight excluding hydrogens is 252 g/mol. The van der Waals surface area contributed by atoms with Crippen molar-refractivity contribution < 1.29 is 13.9 Å². The van der Waals surface area contributed by atoms with E-state index in [0.717, 1.165) is 12.5 Å². The molecule has 1 heterocycles. The Bertz CT molecular complexity index is 557. The van der Waals surface area contributed by atoms with Gasteiger partial charge in [0.2, 0.25) is 0 Å². The molecule has 0 aliphatic rings. The van der Waals surface area contributed by atoms with Gasteiger partial charge in [-0.2, -0.15) is 0 Å². The molecule has 0 amide bonds. The Morgan fingerprint density at radius 3 is 2.89 bits per heavy atom. The topological polar surface area (TPSA) is 50.9 Å². The van der Waals surface area contributed by atoms with Crippen LogP contribution in [-0.2, 0) is 13.0 Å². The molecule has 0 bridgehead atoms. The summed E-state index contributed by atoms with van der Waals surface area (Å²) >= 11 is 0. The van der Waals surface area contributed by atoms with Crippen LogP contribution in [0.1, 0.15) is 30.7 Å². The molecule has 1 atom stereocenters. The largest absolute Gasteiger partial charge is 0.386 e. The molecule has 0 aliphatic heterocycles. The molecule has 1 unspecified atom stereocenters. The number of nitrogens with zero attached hydrogens (tertiary/aromatic N) is 3. The lowest BCUT2D eigenvalue weighted by atomic mass is 10.1. The van der Waals surface area contributed by atoms with Crippen LogP contribution in [-0.4, -0.2) is 20.1 Å². The van der Waals surface area contributed by atoms with Gasteiger partial charge < -0.3 is 5.11 Å². The first kappa shape index (κ1) is 13.6. The van der Waals surface area contributed by atoms with E-state index >= 15 is 0 Å². The fourth-order valence-electron chi connectivity index (χ4n) is 1.93. The summed E-state index contributed by atoms with van der Waals surface area (Å²) in [7, 11) is 0. The number of hydrogen-bond donors (Lipinski definition) is 1. The fraction of sp³-hybridized carbons (Fsp3) is 0.385. The highest BCUT2D eigenvalue weighted by Crippen LogP contribution is 2.20. The molecule has 0 aliphatic carbocycles. The second-order valence-electron chi connectivity index (χ2n) is 4.31. The Hall–Kier alpha value is -1.82. The summed E-state index contributed by atoms with van der Waals surface area (Å²) in [6.45, 7) is 2.60. The molecule has 0 spiro atoms. The molecular formula is C13H15F2N3O. The van der Waals surface area contributed by atoms with E-state index < -0.39 is 17.7 Å². The van der Waals surface area contributed by atoms with Crippen molar-refractivity contribution in [2.45, 2.75) is 32.4 Å². The Balaban J connectivity index is 2.18. The minimum absolute atomic E-state index is 0.0132. The SMILES string of the molecule is CCCn1nncc1C(O)Cc1cccc(F)c1F. The predicted molar refractivity (Wildman–Crippen MR) is 65.3 cm³/mol. The molecule has 1 aromatic heterocycles. The van der Waals surface area contributed by atoms with E-state index in [0.29, 0.717) is 12.2 Å². The monoisotopic (exact) mass is 267 g/mol. The summed E-state index contributed by atoms with van der Waals surface area (Å²) in [6, 6.07) is 3.92. The second-order valence-corrected chi connectivity index (χ2v) is 4.31. The van der Waals surface area contributed by atoms with Crippen LogP contribution in [0.2, 0.25) is 0 Å². The average Bonchev–Trinajstić information content (AvgIpc) is 2.84. The molecule has 0 fully saturated rings. The van der Waals surface area contributed by atoms with Crippen LogP contribution < -0.4 is 0 Å². The maximum Gasteiger partial charge on any atom is 0.162 e. The summed E-state index contributed by atoms with van der Waals surface area (Å²) in [5.74, 6) is -1.83. The van der Waals surface area contributed by atoms with Crippen LogP contribution in [0, 0.1) is 11.6 Å². The molecule has 1 aromatic carbocycles. The van der Waals surface area contributed by atoms with Crippen molar-refractivity contribution in [2.24, 2.45) is 0 Å². The molecule has 2 aromatic rings. The van der Waals surface area contributed by atoms with Crippen molar-refractivity contribution in [3.63, 3.8) is 0 Å². The number of aromatic nitrogens is 3. The molecule has 4 nitrogen and oxygen atoms in total. The zero-order chi connectivity index (χ0) is 13.8. The third kappa shape index (κ3) is 2.96. The van der Waals surface area contributed by atoms with E-state index in [1.807, 2.05) is 6.92 Å². The zero-order valence-electron chi connectivity index (χ0n) is 10.6. The Kier molecular flexibility index (Phi) is 4.21. The van der Waals surface area contributed by atoms with Gasteiger partial charge in [0.05, 0.1) is 11.9 Å². The van der Waals surface area contributed by atoms with Crippen LogP contribution in [0.5, 0.6) is 0 Å². The third-order valence-electron chi connectivity index (χ3n) is 2.87. The van der Waals surface area contributed by atoms with Crippen LogP contribution >= 0.6 is 0 Å². The van der Waals surface area contributed by atoms with E-state index in [-0.39, 0.29) is 12.0 Å². The van der Waals surface area contributed by atoms with Crippen molar-refractivity contribution in [1.29, 1.82) is 0 Å². The van der Waals surface area contributed by atoms with Gasteiger partial charge in [-0.05, 0) is 18.1 Å². The second kappa shape index (κ2) is 5.88. The van der Waals surface area contributed by atoms with Gasteiger partial charge in [0.15, 0.2) is 11.6 Å². The van der Waals surface area contributed by atoms with Crippen molar-refractivity contribution in [3.8, 4) is 0 Å². The standard InChI is InChI=1S/C13H15F2N3O/c1-2-6-18-11(8-16-17-18)12(19)7-9-4-3-5-10(14)13(9)15/h3-5,8,12,19H,2,6-7H2,1H3. The highest BCUT2D eigenvalue weighted by molar-refractivity contribution is 5.21. The summed E-state index contributed by atoms with van der Waals surface area (Å²) in [5, 5.41) is 17.7. The van der Waals surface area contributed by atoms with Gasteiger partial charge in [-0.1, -0.05) is 24.3 Å². The minimum atomic E-state index is -0.960. The fourth-order valence-corrected chi connectivity index (χ4v) is 1.93. The van der Waals surface area contributed by atoms with Crippen LogP contribution in [0.25, 0.3) is 0 Å². The lowest BCUT2D eigenvalue weighted by molar-refractivity contribution is 0.165. The molecule has 6 heteroatoms. The van der Waals surface area contributed by atoms with Crippen molar-refractivity contribution in [3.05, 3.63) is 47.3 Å². The first-order chi connectivity index (χ1) is 9.13. The number of aliphatic hydroxyl groups excluding tert-OH is 1. The van der Waals surface area contributed by atoms with Crippen LogP contribution in [0.3, 0.4) is 0 Å². The van der Waals surface area contributed by atoms with Gasteiger partial charge in [0.25, 0.3) is 0 Å². The van der Waals surface area contributed by atoms with Crippen molar-refractivity contribution in [1.82, 2.24) is 15.0 Å². The van der Waals surface area contributed by atoms with Gasteiger partial charge in [0.1, 0.15) is 6.10 Å². The maximum absolute atomic E-state index is 13.5. The molecule has 102 valence electrons. The lowest BCUT2D eigenvalue weighted by Crippen LogP contribution is -2.12. The average molecular weight is 267 g/mol. The van der Waals surface area contributed by atoms with Gasteiger partial charge in [0, 0.05) is 13.0 Å². The first-order valence-electron chi connectivity index (χ1n) is 6.12. The van der Waals surface area contributed by atoms with Crippen molar-refractivity contribution >= 4 is 0 Å². The third-order valence-corrected chi connectivity index (χ3v) is 2.87. The number of hydrogen-bond acceptors (Lipinski definition) is 3. The normalized spacial score (nSPS) is 12.6. The van der Waals surface area contributed by atoms with Gasteiger partial charge >= 0.3 is 0 Å². The number of benzene rings is 1. The highest BCUT2D eigenvalue weighted by Gasteiger charge is 2.17. The first-order valence-corrected chi connectivity index (χ1v) is 6.12. The van der Waals surface area contributed by atoms with E-state index in [1.54, 1.807) is 4.68 Å². The lowest BCUT2D eigenvalue weighted by Gasteiger charge is -2.12.